The van der Waals surface area contributed by atoms with Crippen molar-refractivity contribution in [2.24, 2.45) is 0 Å². The van der Waals surface area contributed by atoms with Crippen molar-refractivity contribution in [3.8, 4) is 0 Å². The zero-order chi connectivity index (χ0) is 26.9. The van der Waals surface area contributed by atoms with Crippen LogP contribution in [0.3, 0.4) is 0 Å². The molecule has 200 valence electrons. The summed E-state index contributed by atoms with van der Waals surface area (Å²) in [4.78, 5) is 66.2. The van der Waals surface area contributed by atoms with E-state index in [1.807, 2.05) is 4.90 Å². The largest absolute Gasteiger partial charge is 0.444 e. The topological polar surface area (TPSA) is 128 Å². The van der Waals surface area contributed by atoms with Crippen LogP contribution in [0, 0.1) is 5.82 Å². The number of anilines is 1. The maximum Gasteiger partial charge on any atom is 0.407 e. The Morgan fingerprint density at radius 3 is 2.35 bits per heavy atom. The second kappa shape index (κ2) is 10.4. The smallest absolute Gasteiger partial charge is 0.407 e. The molecule has 5 amide bonds. The van der Waals surface area contributed by atoms with Gasteiger partial charge in [0.2, 0.25) is 11.8 Å². The molecule has 1 atom stereocenters. The number of carbonyl (C=O) groups excluding carboxylic acids is 5. The molecule has 3 aliphatic rings. The van der Waals surface area contributed by atoms with Gasteiger partial charge in [0.15, 0.2) is 0 Å². The molecule has 4 rings (SSSR count). The standard InChI is InChI=1S/C25H32FN5O6/c1-25(2,3)37-24(36)27-7-4-8-29-9-11-30(12-10-29)19-14-16-15(13-17(19)26)22(34)31(23(16)35)18-5-6-20(32)28-21(18)33/h13-14,18H,4-12H2,1-3H3,(H,27,36)(H,28,32,33). The summed E-state index contributed by atoms with van der Waals surface area (Å²) in [6.45, 7) is 9.02. The number of nitrogens with one attached hydrogen (secondary N) is 2. The van der Waals surface area contributed by atoms with E-state index in [4.69, 9.17) is 4.74 Å². The number of piperidine rings is 1. The second-order valence-electron chi connectivity index (χ2n) is 10.4. The Morgan fingerprint density at radius 2 is 1.73 bits per heavy atom. The number of imide groups is 2. The van der Waals surface area contributed by atoms with Gasteiger partial charge in [-0.25, -0.2) is 9.18 Å². The van der Waals surface area contributed by atoms with Crippen LogP contribution in [0.5, 0.6) is 0 Å². The number of hydrogen-bond donors (Lipinski definition) is 2. The maximum absolute atomic E-state index is 15.1. The van der Waals surface area contributed by atoms with E-state index in [1.54, 1.807) is 20.8 Å². The number of benzene rings is 1. The highest BCUT2D eigenvalue weighted by atomic mass is 19.1. The summed E-state index contributed by atoms with van der Waals surface area (Å²) in [6.07, 6.45) is 0.346. The minimum absolute atomic E-state index is 0.0186. The fraction of sp³-hybridized carbons (Fsp3) is 0.560. The molecule has 3 aliphatic heterocycles. The van der Waals surface area contributed by atoms with Crippen molar-refractivity contribution in [2.75, 3.05) is 44.2 Å². The first-order valence-electron chi connectivity index (χ1n) is 12.4. The lowest BCUT2D eigenvalue weighted by Gasteiger charge is -2.36. The van der Waals surface area contributed by atoms with Crippen LogP contribution in [0.25, 0.3) is 0 Å². The van der Waals surface area contributed by atoms with Crippen molar-refractivity contribution in [1.29, 1.82) is 0 Å². The fourth-order valence-electron chi connectivity index (χ4n) is 4.74. The number of alkyl carbamates (subject to hydrolysis) is 1. The van der Waals surface area contributed by atoms with Crippen LogP contribution >= 0.6 is 0 Å². The van der Waals surface area contributed by atoms with Crippen molar-refractivity contribution in [3.63, 3.8) is 0 Å². The van der Waals surface area contributed by atoms with Crippen LogP contribution in [-0.4, -0.2) is 90.4 Å². The Bertz CT molecular complexity index is 1130. The summed E-state index contributed by atoms with van der Waals surface area (Å²) >= 11 is 0. The monoisotopic (exact) mass is 517 g/mol. The van der Waals surface area contributed by atoms with Gasteiger partial charge >= 0.3 is 6.09 Å². The summed E-state index contributed by atoms with van der Waals surface area (Å²) < 4.78 is 20.3. The van der Waals surface area contributed by atoms with Crippen LogP contribution in [0.2, 0.25) is 0 Å². The summed E-state index contributed by atoms with van der Waals surface area (Å²) in [5.41, 5.74) is -0.334. The molecule has 11 nitrogen and oxygen atoms in total. The number of nitrogens with zero attached hydrogens (tertiary/aromatic N) is 3. The molecule has 37 heavy (non-hydrogen) atoms. The fourth-order valence-corrected chi connectivity index (χ4v) is 4.74. The van der Waals surface area contributed by atoms with Gasteiger partial charge in [-0.3, -0.25) is 34.3 Å². The molecule has 0 aliphatic carbocycles. The lowest BCUT2D eigenvalue weighted by molar-refractivity contribution is -0.136. The highest BCUT2D eigenvalue weighted by Crippen LogP contribution is 2.33. The lowest BCUT2D eigenvalue weighted by Crippen LogP contribution is -2.54. The molecular formula is C25H32FN5O6. The van der Waals surface area contributed by atoms with Crippen molar-refractivity contribution in [2.45, 2.75) is 51.7 Å². The number of fused-ring (bicyclic) bond motifs is 1. The lowest BCUT2D eigenvalue weighted by atomic mass is 10.0. The van der Waals surface area contributed by atoms with Crippen LogP contribution in [0.15, 0.2) is 12.1 Å². The third kappa shape index (κ3) is 5.90. The van der Waals surface area contributed by atoms with E-state index in [-0.39, 0.29) is 29.7 Å². The first-order valence-corrected chi connectivity index (χ1v) is 12.4. The van der Waals surface area contributed by atoms with E-state index in [0.717, 1.165) is 23.9 Å². The number of halogens is 1. The molecule has 2 fully saturated rings. The highest BCUT2D eigenvalue weighted by molar-refractivity contribution is 6.23. The van der Waals surface area contributed by atoms with E-state index in [2.05, 4.69) is 15.5 Å². The molecule has 2 saturated heterocycles. The molecule has 1 aromatic rings. The maximum atomic E-state index is 15.1. The van der Waals surface area contributed by atoms with Crippen molar-refractivity contribution >= 4 is 35.4 Å². The molecule has 0 aromatic heterocycles. The summed E-state index contributed by atoms with van der Waals surface area (Å²) in [5, 5.41) is 4.88. The first-order chi connectivity index (χ1) is 17.4. The average Bonchev–Trinajstić information content (AvgIpc) is 3.05. The van der Waals surface area contributed by atoms with E-state index < -0.39 is 47.2 Å². The van der Waals surface area contributed by atoms with E-state index >= 15 is 4.39 Å². The molecular weight excluding hydrogens is 485 g/mol. The molecule has 1 aromatic carbocycles. The molecule has 0 saturated carbocycles. The van der Waals surface area contributed by atoms with Gasteiger partial charge in [-0.2, -0.15) is 0 Å². The highest BCUT2D eigenvalue weighted by Gasteiger charge is 2.45. The summed E-state index contributed by atoms with van der Waals surface area (Å²) in [6, 6.07) is 1.35. The zero-order valence-electron chi connectivity index (χ0n) is 21.3. The van der Waals surface area contributed by atoms with Gasteiger partial charge in [0.25, 0.3) is 11.8 Å². The van der Waals surface area contributed by atoms with Crippen molar-refractivity contribution < 1.29 is 33.1 Å². The second-order valence-corrected chi connectivity index (χ2v) is 10.4. The molecule has 0 radical (unpaired) electrons. The third-order valence-electron chi connectivity index (χ3n) is 6.54. The number of ether oxygens (including phenoxy) is 1. The summed E-state index contributed by atoms with van der Waals surface area (Å²) in [7, 11) is 0. The Morgan fingerprint density at radius 1 is 1.08 bits per heavy atom. The zero-order valence-corrected chi connectivity index (χ0v) is 21.3. The quantitative estimate of drug-likeness (QED) is 0.427. The predicted octanol–water partition coefficient (Wildman–Crippen LogP) is 1.26. The first kappa shape index (κ1) is 26.5. The van der Waals surface area contributed by atoms with E-state index in [9.17, 15) is 24.0 Å². The van der Waals surface area contributed by atoms with Crippen LogP contribution < -0.4 is 15.5 Å². The normalized spacial score (nSPS) is 20.7. The molecule has 0 spiro atoms. The van der Waals surface area contributed by atoms with Crippen molar-refractivity contribution in [1.82, 2.24) is 20.4 Å². The Balaban J connectivity index is 1.33. The number of hydrogen-bond acceptors (Lipinski definition) is 8. The van der Waals surface area contributed by atoms with Gasteiger partial charge in [0.05, 0.1) is 16.8 Å². The third-order valence-corrected chi connectivity index (χ3v) is 6.54. The molecule has 0 bridgehead atoms. The van der Waals surface area contributed by atoms with Crippen LogP contribution in [0.1, 0.15) is 60.7 Å². The SMILES string of the molecule is CC(C)(C)OC(=O)NCCCN1CCN(c2cc3c(cc2F)C(=O)N(C2CCC(=O)NC2=O)C3=O)CC1. The molecule has 12 heteroatoms. The van der Waals surface area contributed by atoms with E-state index in [1.165, 1.54) is 6.07 Å². The van der Waals surface area contributed by atoms with Gasteiger partial charge in [0, 0.05) is 39.1 Å². The van der Waals surface area contributed by atoms with Gasteiger partial charge in [-0.05, 0) is 52.3 Å². The van der Waals surface area contributed by atoms with Gasteiger partial charge < -0.3 is 15.0 Å². The van der Waals surface area contributed by atoms with Crippen LogP contribution in [-0.2, 0) is 14.3 Å². The predicted molar refractivity (Wildman–Crippen MR) is 131 cm³/mol. The molecule has 1 unspecified atom stereocenters. The number of piperazine rings is 1. The van der Waals surface area contributed by atoms with Crippen molar-refractivity contribution in [3.05, 3.63) is 29.1 Å². The van der Waals surface area contributed by atoms with Gasteiger partial charge in [0.1, 0.15) is 17.5 Å². The van der Waals surface area contributed by atoms with Crippen LogP contribution in [0.4, 0.5) is 14.9 Å². The number of carbonyl (C=O) groups is 5. The average molecular weight is 518 g/mol. The Kier molecular flexibility index (Phi) is 7.49. The Hall–Kier alpha value is -3.54. The Labute approximate surface area is 214 Å². The minimum atomic E-state index is -1.09. The molecule has 3 heterocycles. The van der Waals surface area contributed by atoms with E-state index in [0.29, 0.717) is 32.7 Å². The van der Waals surface area contributed by atoms with Gasteiger partial charge in [-0.1, -0.05) is 0 Å². The summed E-state index contributed by atoms with van der Waals surface area (Å²) in [5.74, 6) is -3.16. The minimum Gasteiger partial charge on any atom is -0.444 e. The van der Waals surface area contributed by atoms with Gasteiger partial charge in [-0.15, -0.1) is 0 Å². The number of rotatable bonds is 6. The number of amides is 5. The molecule has 2 N–H and O–H groups in total.